The van der Waals surface area contributed by atoms with Gasteiger partial charge in [0.15, 0.2) is 6.10 Å². The normalized spacial score (nSPS) is 20.2. The van der Waals surface area contributed by atoms with E-state index in [2.05, 4.69) is 5.32 Å². The van der Waals surface area contributed by atoms with E-state index >= 15 is 0 Å². The number of fused-ring (bicyclic) bond motifs is 1. The van der Waals surface area contributed by atoms with Gasteiger partial charge < -0.3 is 10.1 Å². The molecule has 0 spiro atoms. The van der Waals surface area contributed by atoms with Gasteiger partial charge in [-0.15, -0.1) is 0 Å². The van der Waals surface area contributed by atoms with E-state index in [1.165, 1.54) is 18.2 Å². The van der Waals surface area contributed by atoms with Gasteiger partial charge in [-0.2, -0.15) is 0 Å². The van der Waals surface area contributed by atoms with E-state index in [-0.39, 0.29) is 11.7 Å². The first-order valence-corrected chi connectivity index (χ1v) is 3.94. The summed E-state index contributed by atoms with van der Waals surface area (Å²) in [4.78, 5) is 11.1. The van der Waals surface area contributed by atoms with Crippen molar-refractivity contribution in [3.05, 3.63) is 24.0 Å². The first kappa shape index (κ1) is 8.04. The highest BCUT2D eigenvalue weighted by molar-refractivity contribution is 5.97. The molecule has 2 rings (SSSR count). The number of hydrogen-bond donors (Lipinski definition) is 1. The van der Waals surface area contributed by atoms with E-state index in [1.807, 2.05) is 0 Å². The van der Waals surface area contributed by atoms with Crippen molar-refractivity contribution in [3.63, 3.8) is 0 Å². The molecule has 0 unspecified atom stereocenters. The molecule has 1 atom stereocenters. The summed E-state index contributed by atoms with van der Waals surface area (Å²) < 4.78 is 17.9. The second-order valence-electron chi connectivity index (χ2n) is 2.89. The van der Waals surface area contributed by atoms with Crippen LogP contribution in [0.4, 0.5) is 10.1 Å². The van der Waals surface area contributed by atoms with Crippen molar-refractivity contribution in [1.29, 1.82) is 0 Å². The molecular formula is C9H8FNO2. The van der Waals surface area contributed by atoms with Gasteiger partial charge in [-0.25, -0.2) is 4.39 Å². The third-order valence-electron chi connectivity index (χ3n) is 1.87. The summed E-state index contributed by atoms with van der Waals surface area (Å²) in [6.45, 7) is 1.61. The zero-order valence-corrected chi connectivity index (χ0v) is 7.00. The molecule has 0 bridgehead atoms. The molecule has 1 aromatic rings. The van der Waals surface area contributed by atoms with E-state index in [4.69, 9.17) is 4.74 Å². The Morgan fingerprint density at radius 1 is 1.54 bits per heavy atom. The van der Waals surface area contributed by atoms with Gasteiger partial charge in [0.25, 0.3) is 5.91 Å². The fourth-order valence-corrected chi connectivity index (χ4v) is 1.18. The third kappa shape index (κ3) is 1.35. The molecular weight excluding hydrogens is 173 g/mol. The van der Waals surface area contributed by atoms with Crippen molar-refractivity contribution >= 4 is 11.6 Å². The minimum Gasteiger partial charge on any atom is -0.479 e. The molecule has 0 fully saturated rings. The summed E-state index contributed by atoms with van der Waals surface area (Å²) in [5.74, 6) is -0.201. The van der Waals surface area contributed by atoms with Crippen LogP contribution in [-0.4, -0.2) is 12.0 Å². The van der Waals surface area contributed by atoms with Crippen molar-refractivity contribution in [2.24, 2.45) is 0 Å². The Labute approximate surface area is 74.5 Å². The van der Waals surface area contributed by atoms with Gasteiger partial charge in [-0.3, -0.25) is 4.79 Å². The quantitative estimate of drug-likeness (QED) is 0.659. The molecule has 68 valence electrons. The number of benzene rings is 1. The fourth-order valence-electron chi connectivity index (χ4n) is 1.18. The molecule has 0 saturated heterocycles. The monoisotopic (exact) mass is 181 g/mol. The predicted molar refractivity (Wildman–Crippen MR) is 45.1 cm³/mol. The number of nitrogens with one attached hydrogen (secondary N) is 1. The summed E-state index contributed by atoms with van der Waals surface area (Å²) in [5, 5.41) is 2.61. The number of carbonyl (C=O) groups is 1. The van der Waals surface area contributed by atoms with Crippen LogP contribution < -0.4 is 10.1 Å². The van der Waals surface area contributed by atoms with E-state index in [1.54, 1.807) is 6.92 Å². The number of anilines is 1. The largest absolute Gasteiger partial charge is 0.479 e. The average molecular weight is 181 g/mol. The highest BCUT2D eigenvalue weighted by Crippen LogP contribution is 2.29. The molecule has 1 amide bonds. The Kier molecular flexibility index (Phi) is 1.69. The van der Waals surface area contributed by atoms with Crippen molar-refractivity contribution in [1.82, 2.24) is 0 Å². The van der Waals surface area contributed by atoms with Crippen molar-refractivity contribution in [2.45, 2.75) is 13.0 Å². The lowest BCUT2D eigenvalue weighted by Crippen LogP contribution is -2.34. The highest BCUT2D eigenvalue weighted by Gasteiger charge is 2.23. The fraction of sp³-hybridized carbons (Fsp3) is 0.222. The lowest BCUT2D eigenvalue weighted by Gasteiger charge is -2.22. The summed E-state index contributed by atoms with van der Waals surface area (Å²) >= 11 is 0. The van der Waals surface area contributed by atoms with Crippen LogP contribution in [0.15, 0.2) is 18.2 Å². The number of amides is 1. The molecule has 13 heavy (non-hydrogen) atoms. The number of rotatable bonds is 0. The van der Waals surface area contributed by atoms with Crippen LogP contribution >= 0.6 is 0 Å². The molecule has 1 N–H and O–H groups in total. The molecule has 4 heteroatoms. The average Bonchev–Trinajstić information content (AvgIpc) is 2.08. The highest BCUT2D eigenvalue weighted by atomic mass is 19.1. The minimum absolute atomic E-state index is 0.209. The zero-order chi connectivity index (χ0) is 9.42. The molecule has 3 nitrogen and oxygen atoms in total. The first-order valence-electron chi connectivity index (χ1n) is 3.94. The Hall–Kier alpha value is -1.58. The van der Waals surface area contributed by atoms with E-state index in [0.29, 0.717) is 11.4 Å². The molecule has 0 radical (unpaired) electrons. The molecule has 1 aliphatic rings. The van der Waals surface area contributed by atoms with Crippen molar-refractivity contribution in [3.8, 4) is 5.75 Å². The van der Waals surface area contributed by atoms with Gasteiger partial charge >= 0.3 is 0 Å². The smallest absolute Gasteiger partial charge is 0.265 e. The van der Waals surface area contributed by atoms with E-state index < -0.39 is 6.10 Å². The summed E-state index contributed by atoms with van der Waals surface area (Å²) in [6, 6.07) is 4.01. The van der Waals surface area contributed by atoms with Gasteiger partial charge in [0.2, 0.25) is 0 Å². The van der Waals surface area contributed by atoms with Crippen LogP contribution in [0.25, 0.3) is 0 Å². The summed E-state index contributed by atoms with van der Waals surface area (Å²) in [6.07, 6.45) is -0.561. The molecule has 1 aromatic carbocycles. The Morgan fingerprint density at radius 3 is 3.08 bits per heavy atom. The predicted octanol–water partition coefficient (Wildman–Crippen LogP) is 1.55. The SMILES string of the molecule is C[C@H]1Oc2cc(F)ccc2NC1=O. The summed E-state index contributed by atoms with van der Waals surface area (Å²) in [7, 11) is 0. The standard InChI is InChI=1S/C9H8FNO2/c1-5-9(12)11-7-3-2-6(10)4-8(7)13-5/h2-5H,1H3,(H,11,12)/t5-/m1/s1. The maximum absolute atomic E-state index is 12.7. The van der Waals surface area contributed by atoms with Crippen LogP contribution in [0, 0.1) is 5.82 Å². The maximum Gasteiger partial charge on any atom is 0.265 e. The summed E-state index contributed by atoms with van der Waals surface area (Å²) in [5.41, 5.74) is 0.518. The van der Waals surface area contributed by atoms with Gasteiger partial charge in [0.05, 0.1) is 5.69 Å². The van der Waals surface area contributed by atoms with Gasteiger partial charge in [0.1, 0.15) is 11.6 Å². The number of ether oxygens (including phenoxy) is 1. The van der Waals surface area contributed by atoms with Crippen LogP contribution in [0.1, 0.15) is 6.92 Å². The number of carbonyl (C=O) groups excluding carboxylic acids is 1. The van der Waals surface area contributed by atoms with Crippen molar-refractivity contribution < 1.29 is 13.9 Å². The van der Waals surface area contributed by atoms with Crippen LogP contribution in [-0.2, 0) is 4.79 Å². The van der Waals surface area contributed by atoms with Gasteiger partial charge in [-0.05, 0) is 19.1 Å². The topological polar surface area (TPSA) is 38.3 Å². The second-order valence-corrected chi connectivity index (χ2v) is 2.89. The zero-order valence-electron chi connectivity index (χ0n) is 7.00. The van der Waals surface area contributed by atoms with Crippen LogP contribution in [0.5, 0.6) is 5.75 Å². The van der Waals surface area contributed by atoms with E-state index in [9.17, 15) is 9.18 Å². The van der Waals surface area contributed by atoms with Gasteiger partial charge in [0, 0.05) is 6.07 Å². The Balaban J connectivity index is 2.42. The number of hydrogen-bond acceptors (Lipinski definition) is 2. The third-order valence-corrected chi connectivity index (χ3v) is 1.87. The minimum atomic E-state index is -0.561. The Morgan fingerprint density at radius 2 is 2.31 bits per heavy atom. The molecule has 1 heterocycles. The number of halogens is 1. The van der Waals surface area contributed by atoms with Crippen molar-refractivity contribution in [2.75, 3.05) is 5.32 Å². The van der Waals surface area contributed by atoms with Gasteiger partial charge in [-0.1, -0.05) is 0 Å². The first-order chi connectivity index (χ1) is 6.16. The molecule has 0 aromatic heterocycles. The van der Waals surface area contributed by atoms with Crippen LogP contribution in [0.2, 0.25) is 0 Å². The molecule has 0 aliphatic carbocycles. The van der Waals surface area contributed by atoms with Crippen LogP contribution in [0.3, 0.4) is 0 Å². The maximum atomic E-state index is 12.7. The molecule has 1 aliphatic heterocycles. The van der Waals surface area contributed by atoms with E-state index in [0.717, 1.165) is 0 Å². The Bertz CT molecular complexity index is 365. The lowest BCUT2D eigenvalue weighted by atomic mass is 10.2. The second kappa shape index (κ2) is 2.73. The molecule has 0 saturated carbocycles. The lowest BCUT2D eigenvalue weighted by molar-refractivity contribution is -0.122.